The second-order valence-electron chi connectivity index (χ2n) is 12.6. The number of amides is 1. The molecule has 7 nitrogen and oxygen atoms in total. The lowest BCUT2D eigenvalue weighted by Gasteiger charge is -2.45. The summed E-state index contributed by atoms with van der Waals surface area (Å²) in [4.78, 5) is 15.0. The van der Waals surface area contributed by atoms with E-state index in [1.807, 2.05) is 0 Å². The van der Waals surface area contributed by atoms with Crippen LogP contribution in [0.1, 0.15) is 168 Å². The zero-order chi connectivity index (χ0) is 30.1. The van der Waals surface area contributed by atoms with E-state index >= 15 is 0 Å². The Bertz CT molecular complexity index is 606. The van der Waals surface area contributed by atoms with Gasteiger partial charge in [-0.05, 0) is 12.8 Å². The van der Waals surface area contributed by atoms with Crippen LogP contribution in [0, 0.1) is 0 Å². The molecule has 0 spiro atoms. The Kier molecular flexibility index (Phi) is 24.0. The largest absolute Gasteiger partial charge is 0.394 e. The van der Waals surface area contributed by atoms with Crippen LogP contribution in [0.5, 0.6) is 0 Å². The Morgan fingerprint density at radius 1 is 0.634 bits per heavy atom. The molecule has 41 heavy (non-hydrogen) atoms. The minimum Gasteiger partial charge on any atom is -0.394 e. The summed E-state index contributed by atoms with van der Waals surface area (Å²) in [5.74, 6) is -0.0108. The van der Waals surface area contributed by atoms with Crippen molar-refractivity contribution in [1.82, 2.24) is 4.90 Å². The summed E-state index contributed by atoms with van der Waals surface area (Å²) in [6.45, 7) is 4.59. The molecule has 0 unspecified atom stereocenters. The highest BCUT2D eigenvalue weighted by Gasteiger charge is 2.45. The summed E-state index contributed by atoms with van der Waals surface area (Å²) < 4.78 is 5.90. The first-order chi connectivity index (χ1) is 20.0. The lowest BCUT2D eigenvalue weighted by molar-refractivity contribution is -0.226. The van der Waals surface area contributed by atoms with Gasteiger partial charge in [-0.15, -0.1) is 0 Å². The summed E-state index contributed by atoms with van der Waals surface area (Å²) in [5, 5.41) is 30.4. The molecule has 0 aromatic rings. The minimum atomic E-state index is -1.26. The molecule has 1 saturated heterocycles. The van der Waals surface area contributed by atoms with E-state index in [9.17, 15) is 20.1 Å². The highest BCUT2D eigenvalue weighted by atomic mass is 16.5. The van der Waals surface area contributed by atoms with Gasteiger partial charge in [0.15, 0.2) is 6.23 Å². The Labute approximate surface area is 253 Å². The van der Waals surface area contributed by atoms with Gasteiger partial charge in [0.1, 0.15) is 18.3 Å². The number of unbranched alkanes of at least 4 members (excludes halogenated alkanes) is 21. The Morgan fingerprint density at radius 3 is 1.44 bits per heavy atom. The summed E-state index contributed by atoms with van der Waals surface area (Å²) in [6.07, 6.45) is 24.6. The van der Waals surface area contributed by atoms with E-state index in [0.717, 1.165) is 38.5 Å². The van der Waals surface area contributed by atoms with E-state index in [1.54, 1.807) is 4.90 Å². The molecule has 5 N–H and O–H groups in total. The number of rotatable bonds is 27. The molecule has 1 rings (SSSR count). The fourth-order valence-electron chi connectivity index (χ4n) is 6.00. The minimum absolute atomic E-state index is 0.0108. The van der Waals surface area contributed by atoms with Crippen molar-refractivity contribution >= 4 is 5.91 Å². The van der Waals surface area contributed by atoms with Gasteiger partial charge in [-0.2, -0.15) is 0 Å². The molecule has 0 saturated carbocycles. The Hall–Kier alpha value is -0.730. The number of aliphatic hydroxyl groups excluding tert-OH is 3. The van der Waals surface area contributed by atoms with Crippen molar-refractivity contribution in [2.24, 2.45) is 5.73 Å². The van der Waals surface area contributed by atoms with Gasteiger partial charge >= 0.3 is 0 Å². The van der Waals surface area contributed by atoms with E-state index in [1.165, 1.54) is 109 Å². The molecule has 1 fully saturated rings. The van der Waals surface area contributed by atoms with Crippen molar-refractivity contribution in [3.8, 4) is 0 Å². The van der Waals surface area contributed by atoms with Crippen LogP contribution >= 0.6 is 0 Å². The molecule has 0 aromatic carbocycles. The van der Waals surface area contributed by atoms with E-state index in [4.69, 9.17) is 10.5 Å². The molecular formula is C34H68N2O5. The van der Waals surface area contributed by atoms with Crippen LogP contribution in [0.4, 0.5) is 0 Å². The molecule has 1 aliphatic heterocycles. The molecule has 0 aromatic heterocycles. The highest BCUT2D eigenvalue weighted by molar-refractivity contribution is 5.76. The van der Waals surface area contributed by atoms with Crippen molar-refractivity contribution in [3.63, 3.8) is 0 Å². The fourth-order valence-corrected chi connectivity index (χ4v) is 6.00. The number of carbonyl (C=O) groups is 1. The molecule has 1 heterocycles. The summed E-state index contributed by atoms with van der Waals surface area (Å²) in [5.41, 5.74) is 6.25. The van der Waals surface area contributed by atoms with Gasteiger partial charge in [-0.25, -0.2) is 0 Å². The van der Waals surface area contributed by atoms with Crippen LogP contribution in [0.2, 0.25) is 0 Å². The third-order valence-electron chi connectivity index (χ3n) is 8.82. The molecule has 1 aliphatic rings. The molecular weight excluding hydrogens is 516 g/mol. The number of nitrogens with zero attached hydrogens (tertiary/aromatic N) is 1. The van der Waals surface area contributed by atoms with Gasteiger partial charge in [0.05, 0.1) is 12.6 Å². The third-order valence-corrected chi connectivity index (χ3v) is 8.82. The molecule has 7 heteroatoms. The average Bonchev–Trinajstić information content (AvgIpc) is 2.97. The van der Waals surface area contributed by atoms with E-state index in [-0.39, 0.29) is 5.91 Å². The van der Waals surface area contributed by atoms with Crippen LogP contribution in [-0.2, 0) is 9.53 Å². The zero-order valence-electron chi connectivity index (χ0n) is 27.0. The van der Waals surface area contributed by atoms with Gasteiger partial charge in [0.25, 0.3) is 0 Å². The molecule has 0 bridgehead atoms. The molecule has 0 radical (unpaired) electrons. The van der Waals surface area contributed by atoms with Crippen LogP contribution in [-0.4, -0.2) is 69.9 Å². The van der Waals surface area contributed by atoms with Crippen LogP contribution in [0.25, 0.3) is 0 Å². The van der Waals surface area contributed by atoms with E-state index in [0.29, 0.717) is 13.0 Å². The lowest BCUT2D eigenvalue weighted by Crippen LogP contribution is -2.67. The first kappa shape index (κ1) is 38.3. The number of nitrogens with two attached hydrogens (primary N) is 1. The molecule has 1 amide bonds. The Balaban J connectivity index is 2.39. The highest BCUT2D eigenvalue weighted by Crippen LogP contribution is 2.24. The van der Waals surface area contributed by atoms with Gasteiger partial charge in [0.2, 0.25) is 5.91 Å². The zero-order valence-corrected chi connectivity index (χ0v) is 27.0. The molecule has 244 valence electrons. The second kappa shape index (κ2) is 25.7. The number of ether oxygens (including phenoxy) is 1. The average molecular weight is 585 g/mol. The SMILES string of the molecule is CCCCCCCCCCCCCCCCN(C(=O)CCCCCCCCCCC)[C@@H]1O[C@H](CO)[C@@H](O)[C@H](O)[C@H]1N. The summed E-state index contributed by atoms with van der Waals surface area (Å²) >= 11 is 0. The first-order valence-electron chi connectivity index (χ1n) is 17.6. The van der Waals surface area contributed by atoms with Crippen molar-refractivity contribution < 1.29 is 24.9 Å². The maximum Gasteiger partial charge on any atom is 0.224 e. The monoisotopic (exact) mass is 585 g/mol. The topological polar surface area (TPSA) is 116 Å². The van der Waals surface area contributed by atoms with Crippen molar-refractivity contribution in [2.45, 2.75) is 199 Å². The molecule has 0 aliphatic carbocycles. The fraction of sp³-hybridized carbons (Fsp3) is 0.971. The number of hydrogen-bond donors (Lipinski definition) is 4. The second-order valence-corrected chi connectivity index (χ2v) is 12.6. The predicted octanol–water partition coefficient (Wildman–Crippen LogP) is 6.98. The quantitative estimate of drug-likeness (QED) is 0.0774. The van der Waals surface area contributed by atoms with Crippen molar-refractivity contribution in [2.75, 3.05) is 13.2 Å². The van der Waals surface area contributed by atoms with Crippen LogP contribution in [0.15, 0.2) is 0 Å². The Morgan fingerprint density at radius 2 is 1.02 bits per heavy atom. The number of aliphatic hydroxyl groups is 3. The van der Waals surface area contributed by atoms with Gasteiger partial charge in [-0.3, -0.25) is 4.79 Å². The van der Waals surface area contributed by atoms with Gasteiger partial charge < -0.3 is 30.7 Å². The predicted molar refractivity (Wildman–Crippen MR) is 170 cm³/mol. The molecule has 5 atom stereocenters. The van der Waals surface area contributed by atoms with E-state index in [2.05, 4.69) is 13.8 Å². The van der Waals surface area contributed by atoms with Gasteiger partial charge in [0, 0.05) is 13.0 Å². The lowest BCUT2D eigenvalue weighted by atomic mass is 9.95. The van der Waals surface area contributed by atoms with Crippen LogP contribution < -0.4 is 5.73 Å². The summed E-state index contributed by atoms with van der Waals surface area (Å²) in [7, 11) is 0. The van der Waals surface area contributed by atoms with Crippen molar-refractivity contribution in [1.29, 1.82) is 0 Å². The number of hydrogen-bond acceptors (Lipinski definition) is 6. The van der Waals surface area contributed by atoms with Crippen molar-refractivity contribution in [3.05, 3.63) is 0 Å². The normalized spacial score (nSPS) is 22.7. The van der Waals surface area contributed by atoms with E-state index < -0.39 is 37.2 Å². The van der Waals surface area contributed by atoms with Gasteiger partial charge in [-0.1, -0.05) is 149 Å². The van der Waals surface area contributed by atoms with Crippen LogP contribution in [0.3, 0.4) is 0 Å². The third kappa shape index (κ3) is 17.2. The maximum absolute atomic E-state index is 13.3. The maximum atomic E-state index is 13.3. The number of carbonyl (C=O) groups excluding carboxylic acids is 1. The summed E-state index contributed by atoms with van der Waals surface area (Å²) in [6, 6.07) is -0.911. The first-order valence-corrected chi connectivity index (χ1v) is 17.6. The smallest absolute Gasteiger partial charge is 0.224 e. The standard InChI is InChI=1S/C34H68N2O5/c1-3-5-7-9-11-13-14-15-16-17-19-21-23-25-27-36(34-31(35)33(40)32(39)29(28-37)41-34)30(38)26-24-22-20-18-12-10-8-6-4-2/h29,31-34,37,39-40H,3-28,35H2,1-2H3/t29-,31-,32-,33-,34-/m1/s1.